The zero-order valence-corrected chi connectivity index (χ0v) is 20.8. The van der Waals surface area contributed by atoms with Crippen molar-refractivity contribution in [3.63, 3.8) is 0 Å². The van der Waals surface area contributed by atoms with Crippen LogP contribution in [0, 0.1) is 0 Å². The first-order valence-electron chi connectivity index (χ1n) is 12.5. The summed E-state index contributed by atoms with van der Waals surface area (Å²) in [5.41, 5.74) is 8.70. The van der Waals surface area contributed by atoms with E-state index in [4.69, 9.17) is 10.1 Å². The van der Waals surface area contributed by atoms with Crippen molar-refractivity contribution in [3.8, 4) is 33.6 Å². The van der Waals surface area contributed by atoms with Gasteiger partial charge >= 0.3 is 0 Å². The lowest BCUT2D eigenvalue weighted by Crippen LogP contribution is -2.08. The van der Waals surface area contributed by atoms with Gasteiger partial charge in [0.15, 0.2) is 5.82 Å². The minimum atomic E-state index is 0.539. The summed E-state index contributed by atoms with van der Waals surface area (Å²) in [5.74, 6) is 1.27. The summed E-state index contributed by atoms with van der Waals surface area (Å²) in [6.07, 6.45) is 10.7. The van der Waals surface area contributed by atoms with Crippen LogP contribution in [0.25, 0.3) is 33.6 Å². The predicted octanol–water partition coefficient (Wildman–Crippen LogP) is 4.88. The molecular weight excluding hydrogens is 450 g/mol. The quantitative estimate of drug-likeness (QED) is 0.358. The Bertz CT molecular complexity index is 1520. The number of fused-ring (bicyclic) bond motifs is 3. The molecule has 36 heavy (non-hydrogen) atoms. The van der Waals surface area contributed by atoms with Crippen LogP contribution in [-0.2, 0) is 33.0 Å². The average Bonchev–Trinajstić information content (AvgIpc) is 3.63. The first-order valence-corrected chi connectivity index (χ1v) is 12.5. The first kappa shape index (κ1) is 22.2. The van der Waals surface area contributed by atoms with Gasteiger partial charge in [0.2, 0.25) is 5.95 Å². The van der Waals surface area contributed by atoms with Crippen LogP contribution in [0.1, 0.15) is 31.5 Å². The number of hydrogen-bond acceptors (Lipinski definition) is 6. The fourth-order valence-electron chi connectivity index (χ4n) is 4.86. The van der Waals surface area contributed by atoms with E-state index in [0.717, 1.165) is 83.1 Å². The molecule has 5 aromatic rings. The van der Waals surface area contributed by atoms with Gasteiger partial charge in [-0.3, -0.25) is 14.0 Å². The molecule has 9 heteroatoms. The highest BCUT2D eigenvalue weighted by molar-refractivity contribution is 5.85. The molecule has 0 aliphatic heterocycles. The summed E-state index contributed by atoms with van der Waals surface area (Å²) in [6.45, 7) is 5.96. The molecule has 4 aromatic heterocycles. The minimum absolute atomic E-state index is 0.539. The van der Waals surface area contributed by atoms with Crippen molar-refractivity contribution >= 4 is 11.8 Å². The molecule has 9 nitrogen and oxygen atoms in total. The molecule has 0 unspecified atom stereocenters. The van der Waals surface area contributed by atoms with Gasteiger partial charge in [0.05, 0.1) is 23.3 Å². The van der Waals surface area contributed by atoms with Gasteiger partial charge in [-0.1, -0.05) is 31.2 Å². The van der Waals surface area contributed by atoms with Gasteiger partial charge in [-0.2, -0.15) is 15.3 Å². The third kappa shape index (κ3) is 3.96. The topological polar surface area (TPSA) is 91.3 Å². The van der Waals surface area contributed by atoms with Crippen LogP contribution in [-0.4, -0.2) is 39.3 Å². The van der Waals surface area contributed by atoms with Crippen molar-refractivity contribution in [2.45, 2.75) is 46.2 Å². The van der Waals surface area contributed by atoms with E-state index in [1.165, 1.54) is 0 Å². The van der Waals surface area contributed by atoms with Gasteiger partial charge in [0.1, 0.15) is 0 Å². The molecule has 0 atom stereocenters. The molecule has 0 saturated carbocycles. The van der Waals surface area contributed by atoms with Crippen LogP contribution >= 0.6 is 0 Å². The van der Waals surface area contributed by atoms with E-state index in [-0.39, 0.29) is 0 Å². The highest BCUT2D eigenvalue weighted by Crippen LogP contribution is 2.40. The summed E-state index contributed by atoms with van der Waals surface area (Å²) >= 11 is 0. The molecule has 0 spiro atoms. The Morgan fingerprint density at radius 3 is 2.53 bits per heavy atom. The summed E-state index contributed by atoms with van der Waals surface area (Å²) in [5, 5.41) is 17.1. The van der Waals surface area contributed by atoms with Gasteiger partial charge in [0, 0.05) is 61.5 Å². The van der Waals surface area contributed by atoms with E-state index in [1.54, 1.807) is 0 Å². The second-order valence-corrected chi connectivity index (χ2v) is 9.11. The molecule has 1 aromatic carbocycles. The Labute approximate surface area is 209 Å². The monoisotopic (exact) mass is 479 g/mol. The Kier molecular flexibility index (Phi) is 5.59. The summed E-state index contributed by atoms with van der Waals surface area (Å²) in [7, 11) is 2.01. The van der Waals surface area contributed by atoms with Crippen molar-refractivity contribution in [2.75, 3.05) is 5.32 Å². The number of nitrogens with one attached hydrogen (secondary N) is 1. The second-order valence-electron chi connectivity index (χ2n) is 9.11. The van der Waals surface area contributed by atoms with Crippen LogP contribution in [0.5, 0.6) is 0 Å². The third-order valence-electron chi connectivity index (χ3n) is 6.63. The molecule has 6 rings (SSSR count). The van der Waals surface area contributed by atoms with Crippen molar-refractivity contribution in [2.24, 2.45) is 7.05 Å². The first-order chi connectivity index (χ1) is 17.6. The Hall–Kier alpha value is -4.27. The molecule has 0 fully saturated rings. The molecule has 0 radical (unpaired) electrons. The van der Waals surface area contributed by atoms with Crippen molar-refractivity contribution in [1.29, 1.82) is 0 Å². The molecule has 1 aliphatic rings. The third-order valence-corrected chi connectivity index (χ3v) is 6.63. The second kappa shape index (κ2) is 9.07. The predicted molar refractivity (Wildman–Crippen MR) is 140 cm³/mol. The van der Waals surface area contributed by atoms with E-state index in [1.807, 2.05) is 45.7 Å². The van der Waals surface area contributed by atoms with Gasteiger partial charge in [0.25, 0.3) is 0 Å². The molecule has 0 saturated heterocycles. The maximum Gasteiger partial charge on any atom is 0.228 e. The summed E-state index contributed by atoms with van der Waals surface area (Å²) in [4.78, 5) is 9.49. The average molecular weight is 480 g/mol. The van der Waals surface area contributed by atoms with E-state index >= 15 is 0 Å². The van der Waals surface area contributed by atoms with Gasteiger partial charge in [-0.25, -0.2) is 9.97 Å². The molecule has 0 amide bonds. The van der Waals surface area contributed by atoms with Crippen molar-refractivity contribution < 1.29 is 0 Å². The standard InChI is InChI=1S/C27H29N9/c1-4-13-36-17-21(16-29-36)18-6-8-19(9-7-18)26-24-22(32-34(26)3)11-10-20-15-28-27(31-25(20)24)30-23-12-14-35(5-2)33-23/h6-9,12,14-17H,4-5,10-11,13H2,1-3H3,(H,28,30,31,33). The molecule has 1 aliphatic carbocycles. The Balaban J connectivity index is 1.35. The van der Waals surface area contributed by atoms with Gasteiger partial charge in [-0.05, 0) is 37.3 Å². The number of benzene rings is 1. The lowest BCUT2D eigenvalue weighted by molar-refractivity contribution is 0.603. The van der Waals surface area contributed by atoms with Crippen LogP contribution < -0.4 is 5.32 Å². The van der Waals surface area contributed by atoms with Gasteiger partial charge in [-0.15, -0.1) is 0 Å². The zero-order chi connectivity index (χ0) is 24.6. The summed E-state index contributed by atoms with van der Waals surface area (Å²) < 4.78 is 5.85. The smallest absolute Gasteiger partial charge is 0.228 e. The zero-order valence-electron chi connectivity index (χ0n) is 20.8. The number of anilines is 2. The Morgan fingerprint density at radius 1 is 0.917 bits per heavy atom. The number of nitrogens with zero attached hydrogens (tertiary/aromatic N) is 8. The number of hydrogen-bond donors (Lipinski definition) is 1. The van der Waals surface area contributed by atoms with E-state index < -0.39 is 0 Å². The molecule has 0 bridgehead atoms. The summed E-state index contributed by atoms with van der Waals surface area (Å²) in [6, 6.07) is 10.6. The van der Waals surface area contributed by atoms with Crippen LogP contribution in [0.4, 0.5) is 11.8 Å². The minimum Gasteiger partial charge on any atom is -0.307 e. The van der Waals surface area contributed by atoms with Crippen LogP contribution in [0.15, 0.2) is 55.1 Å². The molecular formula is C27H29N9. The largest absolute Gasteiger partial charge is 0.307 e. The number of aryl methyl sites for hydroxylation is 5. The maximum absolute atomic E-state index is 4.93. The van der Waals surface area contributed by atoms with Crippen molar-refractivity contribution in [3.05, 3.63) is 66.4 Å². The fourth-order valence-corrected chi connectivity index (χ4v) is 4.86. The van der Waals surface area contributed by atoms with E-state index in [9.17, 15) is 0 Å². The van der Waals surface area contributed by atoms with E-state index in [0.29, 0.717) is 5.95 Å². The number of aromatic nitrogens is 8. The fraction of sp³-hybridized carbons (Fsp3) is 0.296. The van der Waals surface area contributed by atoms with Gasteiger partial charge < -0.3 is 5.32 Å². The molecule has 4 heterocycles. The lowest BCUT2D eigenvalue weighted by Gasteiger charge is -2.17. The highest BCUT2D eigenvalue weighted by Gasteiger charge is 2.27. The van der Waals surface area contributed by atoms with Crippen molar-refractivity contribution in [1.82, 2.24) is 39.3 Å². The Morgan fingerprint density at radius 2 is 1.75 bits per heavy atom. The normalized spacial score (nSPS) is 12.4. The van der Waals surface area contributed by atoms with Crippen LogP contribution in [0.2, 0.25) is 0 Å². The maximum atomic E-state index is 4.93. The SMILES string of the molecule is CCCn1cc(-c2ccc(-c3c4c(nn3C)CCc3cnc(Nc5ccn(CC)n5)nc3-4)cc2)cn1. The molecule has 1 N–H and O–H groups in total. The molecule has 182 valence electrons. The lowest BCUT2D eigenvalue weighted by atomic mass is 9.91. The van der Waals surface area contributed by atoms with E-state index in [2.05, 4.69) is 64.8 Å². The number of rotatable bonds is 7. The highest BCUT2D eigenvalue weighted by atomic mass is 15.3. The van der Waals surface area contributed by atoms with Crippen LogP contribution in [0.3, 0.4) is 0 Å².